The Kier molecular flexibility index (Phi) is 8.73. The molecule has 0 fully saturated rings. The van der Waals surface area contributed by atoms with Crippen LogP contribution in [-0.4, -0.2) is 45.8 Å². The molecule has 1 N–H and O–H groups in total. The predicted octanol–water partition coefficient (Wildman–Crippen LogP) is 3.29. The molecule has 0 spiro atoms. The molecule has 0 radical (unpaired) electrons. The summed E-state index contributed by atoms with van der Waals surface area (Å²) in [6, 6.07) is 4.13. The summed E-state index contributed by atoms with van der Waals surface area (Å²) in [5, 5.41) is 3.39. The van der Waals surface area contributed by atoms with Gasteiger partial charge >= 0.3 is 0 Å². The summed E-state index contributed by atoms with van der Waals surface area (Å²) in [6.45, 7) is 5.71. The molecule has 1 aromatic carbocycles. The van der Waals surface area contributed by atoms with Crippen molar-refractivity contribution in [2.75, 3.05) is 40.9 Å². The molecule has 0 saturated carbocycles. The topological polar surface area (TPSA) is 33.7 Å². The van der Waals surface area contributed by atoms with Crippen LogP contribution in [0.2, 0.25) is 0 Å². The first-order chi connectivity index (χ1) is 10.1. The summed E-state index contributed by atoms with van der Waals surface area (Å²) in [4.78, 5) is 2.15. The Hall–Kier alpha value is -0.780. The Morgan fingerprint density at radius 3 is 2.67 bits per heavy atom. The molecule has 21 heavy (non-hydrogen) atoms. The molecule has 0 bridgehead atoms. The quantitative estimate of drug-likeness (QED) is 0.650. The second kappa shape index (κ2) is 10.0. The lowest BCUT2D eigenvalue weighted by atomic mass is 10.2. The molecule has 0 aromatic heterocycles. The number of hydrogen-bond acceptors (Lipinski definition) is 4. The van der Waals surface area contributed by atoms with Gasteiger partial charge in [0.05, 0.1) is 18.2 Å². The summed E-state index contributed by atoms with van der Waals surface area (Å²) in [5.41, 5.74) is 1.19. The van der Waals surface area contributed by atoms with Crippen molar-refractivity contribution in [3.63, 3.8) is 0 Å². The van der Waals surface area contributed by atoms with E-state index in [9.17, 15) is 0 Å². The highest BCUT2D eigenvalue weighted by molar-refractivity contribution is 9.10. The maximum Gasteiger partial charge on any atom is 0.175 e. The van der Waals surface area contributed by atoms with Crippen LogP contribution >= 0.6 is 15.9 Å². The maximum absolute atomic E-state index is 5.87. The SMILES string of the molecule is CCCNCc1cc(Br)c(OCCCN(C)C)c(OC)c1. The van der Waals surface area contributed by atoms with Crippen molar-refractivity contribution in [3.8, 4) is 11.5 Å². The number of nitrogens with one attached hydrogen (secondary N) is 1. The van der Waals surface area contributed by atoms with E-state index in [4.69, 9.17) is 9.47 Å². The highest BCUT2D eigenvalue weighted by atomic mass is 79.9. The summed E-state index contributed by atoms with van der Waals surface area (Å²) in [5.74, 6) is 1.57. The lowest BCUT2D eigenvalue weighted by molar-refractivity contribution is 0.266. The molecule has 0 saturated heterocycles. The molecule has 1 rings (SSSR count). The Morgan fingerprint density at radius 2 is 2.05 bits per heavy atom. The molecule has 4 nitrogen and oxygen atoms in total. The highest BCUT2D eigenvalue weighted by Crippen LogP contribution is 2.36. The minimum atomic E-state index is 0.681. The molecule has 0 aliphatic heterocycles. The summed E-state index contributed by atoms with van der Waals surface area (Å²) in [6.07, 6.45) is 2.12. The summed E-state index contributed by atoms with van der Waals surface area (Å²) >= 11 is 3.59. The minimum Gasteiger partial charge on any atom is -0.493 e. The van der Waals surface area contributed by atoms with Gasteiger partial charge in [-0.2, -0.15) is 0 Å². The van der Waals surface area contributed by atoms with Crippen molar-refractivity contribution in [3.05, 3.63) is 22.2 Å². The third kappa shape index (κ3) is 6.68. The number of rotatable bonds is 10. The molecule has 0 unspecified atom stereocenters. The van der Waals surface area contributed by atoms with Gasteiger partial charge in [0.25, 0.3) is 0 Å². The second-order valence-electron chi connectivity index (χ2n) is 5.29. The third-order valence-electron chi connectivity index (χ3n) is 3.04. The highest BCUT2D eigenvalue weighted by Gasteiger charge is 2.11. The molecule has 5 heteroatoms. The molecule has 0 amide bonds. The molecule has 0 heterocycles. The average molecular weight is 359 g/mol. The number of nitrogens with zero attached hydrogens (tertiary/aromatic N) is 1. The molecule has 0 atom stereocenters. The fraction of sp³-hybridized carbons (Fsp3) is 0.625. The van der Waals surface area contributed by atoms with Crippen molar-refractivity contribution < 1.29 is 9.47 Å². The van der Waals surface area contributed by atoms with Crippen LogP contribution in [0.4, 0.5) is 0 Å². The van der Waals surface area contributed by atoms with Crippen LogP contribution < -0.4 is 14.8 Å². The number of hydrogen-bond donors (Lipinski definition) is 1. The lowest BCUT2D eigenvalue weighted by Gasteiger charge is -2.15. The molecule has 0 aliphatic rings. The van der Waals surface area contributed by atoms with Gasteiger partial charge in [0.2, 0.25) is 0 Å². The van der Waals surface area contributed by atoms with Gasteiger partial charge < -0.3 is 19.7 Å². The van der Waals surface area contributed by atoms with E-state index >= 15 is 0 Å². The standard InChI is InChI=1S/C16H27BrN2O2/c1-5-7-18-12-13-10-14(17)16(15(11-13)20-4)21-9-6-8-19(2)3/h10-11,18H,5-9,12H2,1-4H3. The van der Waals surface area contributed by atoms with Crippen molar-refractivity contribution in [1.82, 2.24) is 10.2 Å². The first kappa shape index (κ1) is 18.3. The lowest BCUT2D eigenvalue weighted by Crippen LogP contribution is -2.16. The number of methoxy groups -OCH3 is 1. The molecule has 120 valence electrons. The first-order valence-corrected chi connectivity index (χ1v) is 8.22. The van der Waals surface area contributed by atoms with E-state index < -0.39 is 0 Å². The van der Waals surface area contributed by atoms with Crippen LogP contribution in [0.15, 0.2) is 16.6 Å². The zero-order chi connectivity index (χ0) is 15.7. The van der Waals surface area contributed by atoms with E-state index in [1.54, 1.807) is 7.11 Å². The Balaban J connectivity index is 2.66. The molecular formula is C16H27BrN2O2. The molecular weight excluding hydrogens is 332 g/mol. The molecule has 1 aromatic rings. The normalized spacial score (nSPS) is 11.0. The maximum atomic E-state index is 5.87. The van der Waals surface area contributed by atoms with Crippen molar-refractivity contribution in [1.29, 1.82) is 0 Å². The zero-order valence-corrected chi connectivity index (χ0v) is 15.1. The zero-order valence-electron chi connectivity index (χ0n) is 13.5. The van der Waals surface area contributed by atoms with Gasteiger partial charge in [-0.1, -0.05) is 6.92 Å². The predicted molar refractivity (Wildman–Crippen MR) is 91.4 cm³/mol. The van der Waals surface area contributed by atoms with Crippen LogP contribution in [0, 0.1) is 0 Å². The minimum absolute atomic E-state index is 0.681. The van der Waals surface area contributed by atoms with Gasteiger partial charge in [-0.05, 0) is 67.1 Å². The van der Waals surface area contributed by atoms with E-state index in [1.165, 1.54) is 5.56 Å². The monoisotopic (exact) mass is 358 g/mol. The average Bonchev–Trinajstić information content (AvgIpc) is 2.44. The summed E-state index contributed by atoms with van der Waals surface area (Å²) in [7, 11) is 5.81. The van der Waals surface area contributed by atoms with Gasteiger partial charge in [-0.3, -0.25) is 0 Å². The molecule has 0 aliphatic carbocycles. The van der Waals surface area contributed by atoms with E-state index in [0.29, 0.717) is 6.61 Å². The first-order valence-electron chi connectivity index (χ1n) is 7.43. The van der Waals surface area contributed by atoms with E-state index in [-0.39, 0.29) is 0 Å². The fourth-order valence-electron chi connectivity index (χ4n) is 1.98. The van der Waals surface area contributed by atoms with E-state index in [1.807, 2.05) is 6.07 Å². The summed E-state index contributed by atoms with van der Waals surface area (Å²) < 4.78 is 12.3. The van der Waals surface area contributed by atoms with Gasteiger partial charge in [0, 0.05) is 13.1 Å². The Morgan fingerprint density at radius 1 is 1.29 bits per heavy atom. The largest absolute Gasteiger partial charge is 0.493 e. The third-order valence-corrected chi connectivity index (χ3v) is 3.63. The van der Waals surface area contributed by atoms with Gasteiger partial charge in [-0.15, -0.1) is 0 Å². The van der Waals surface area contributed by atoms with Crippen LogP contribution in [-0.2, 0) is 6.54 Å². The number of benzene rings is 1. The Bertz CT molecular complexity index is 425. The van der Waals surface area contributed by atoms with Crippen molar-refractivity contribution in [2.45, 2.75) is 26.3 Å². The fourth-order valence-corrected chi connectivity index (χ4v) is 2.58. The number of halogens is 1. The van der Waals surface area contributed by atoms with Crippen molar-refractivity contribution in [2.24, 2.45) is 0 Å². The van der Waals surface area contributed by atoms with E-state index in [0.717, 1.165) is 48.4 Å². The van der Waals surface area contributed by atoms with Crippen LogP contribution in [0.5, 0.6) is 11.5 Å². The van der Waals surface area contributed by atoms with Gasteiger partial charge in [0.1, 0.15) is 0 Å². The van der Waals surface area contributed by atoms with Gasteiger partial charge in [0.15, 0.2) is 11.5 Å². The van der Waals surface area contributed by atoms with Crippen LogP contribution in [0.3, 0.4) is 0 Å². The van der Waals surface area contributed by atoms with Crippen molar-refractivity contribution >= 4 is 15.9 Å². The van der Waals surface area contributed by atoms with E-state index in [2.05, 4.69) is 53.2 Å². The second-order valence-corrected chi connectivity index (χ2v) is 6.15. The smallest absolute Gasteiger partial charge is 0.175 e. The van der Waals surface area contributed by atoms with Gasteiger partial charge in [-0.25, -0.2) is 0 Å². The van der Waals surface area contributed by atoms with Crippen LogP contribution in [0.25, 0.3) is 0 Å². The Labute approximate surface area is 136 Å². The number of ether oxygens (including phenoxy) is 2. The van der Waals surface area contributed by atoms with Crippen LogP contribution in [0.1, 0.15) is 25.3 Å².